The third kappa shape index (κ3) is 5.44. The first-order valence-corrected chi connectivity index (χ1v) is 8.63. The zero-order valence-electron chi connectivity index (χ0n) is 15.5. The van der Waals surface area contributed by atoms with Gasteiger partial charge in [-0.1, -0.05) is 0 Å². The average Bonchev–Trinajstić information content (AvgIpc) is 3.09. The van der Waals surface area contributed by atoms with Gasteiger partial charge in [-0.25, -0.2) is 0 Å². The molecule has 0 spiro atoms. The molecule has 3 rings (SSSR count). The molecule has 0 unspecified atom stereocenters. The highest BCUT2D eigenvalue weighted by Crippen LogP contribution is 2.20. The average molecular weight is 410 g/mol. The van der Waals surface area contributed by atoms with Gasteiger partial charge in [-0.15, -0.1) is 12.4 Å². The minimum atomic E-state index is -0.938. The number of rotatable bonds is 6. The highest BCUT2D eigenvalue weighted by molar-refractivity contribution is 5.98. The van der Waals surface area contributed by atoms with Gasteiger partial charge in [0.05, 0.1) is 19.0 Å². The third-order valence-corrected chi connectivity index (χ3v) is 4.41. The second kappa shape index (κ2) is 9.54. The van der Waals surface area contributed by atoms with Crippen molar-refractivity contribution in [3.05, 3.63) is 36.7 Å². The lowest BCUT2D eigenvalue weighted by molar-refractivity contribution is -0.124. The number of nitrogens with two attached hydrogens (primary N) is 1. The number of amides is 2. The van der Waals surface area contributed by atoms with E-state index in [2.05, 4.69) is 15.7 Å². The number of methoxy groups -OCH3 is 1. The number of carbonyl (C=O) groups excluding carboxylic acids is 2. The standard InChI is InChI=1S/C18H23N5O4.ClH/c1-26-15-4-2-13(3-5-15)21-16(24)12-23-11-14(10-20-23)22-17(25)18(19)6-8-27-9-7-18;/h2-5,10-11H,6-9,12,19H2,1H3,(H,21,24)(H,22,25);1H. The van der Waals surface area contributed by atoms with Crippen LogP contribution in [0.3, 0.4) is 0 Å². The highest BCUT2D eigenvalue weighted by atomic mass is 35.5. The Morgan fingerprint density at radius 1 is 1.21 bits per heavy atom. The van der Waals surface area contributed by atoms with Crippen molar-refractivity contribution in [2.45, 2.75) is 24.9 Å². The van der Waals surface area contributed by atoms with Crippen molar-refractivity contribution >= 4 is 35.6 Å². The molecule has 152 valence electrons. The summed E-state index contributed by atoms with van der Waals surface area (Å²) in [5, 5.41) is 9.63. The van der Waals surface area contributed by atoms with Crippen LogP contribution in [0.15, 0.2) is 36.7 Å². The lowest BCUT2D eigenvalue weighted by Crippen LogP contribution is -2.54. The molecule has 28 heavy (non-hydrogen) atoms. The quantitative estimate of drug-likeness (QED) is 0.663. The van der Waals surface area contributed by atoms with Crippen LogP contribution in [-0.2, 0) is 20.9 Å². The molecule has 1 fully saturated rings. The first-order valence-electron chi connectivity index (χ1n) is 8.63. The summed E-state index contributed by atoms with van der Waals surface area (Å²) in [6.45, 7) is 0.951. The van der Waals surface area contributed by atoms with E-state index >= 15 is 0 Å². The molecule has 0 radical (unpaired) electrons. The molecule has 1 aromatic carbocycles. The van der Waals surface area contributed by atoms with Crippen LogP contribution in [0, 0.1) is 0 Å². The fourth-order valence-electron chi connectivity index (χ4n) is 2.75. The number of hydrogen-bond donors (Lipinski definition) is 3. The van der Waals surface area contributed by atoms with E-state index in [1.165, 1.54) is 10.9 Å². The number of hydrogen-bond acceptors (Lipinski definition) is 6. The smallest absolute Gasteiger partial charge is 0.246 e. The van der Waals surface area contributed by atoms with E-state index in [1.54, 1.807) is 37.6 Å². The summed E-state index contributed by atoms with van der Waals surface area (Å²) in [6, 6.07) is 7.02. The Hall–Kier alpha value is -2.62. The van der Waals surface area contributed by atoms with Crippen molar-refractivity contribution in [2.24, 2.45) is 5.73 Å². The van der Waals surface area contributed by atoms with Crippen LogP contribution in [0.25, 0.3) is 0 Å². The molecular formula is C18H24ClN5O4. The molecule has 2 aromatic rings. The molecule has 0 atom stereocenters. The molecule has 2 amide bonds. The Balaban J connectivity index is 0.00000280. The zero-order valence-corrected chi connectivity index (χ0v) is 16.3. The fraction of sp³-hybridized carbons (Fsp3) is 0.389. The maximum Gasteiger partial charge on any atom is 0.246 e. The van der Waals surface area contributed by atoms with Crippen molar-refractivity contribution in [3.8, 4) is 5.75 Å². The van der Waals surface area contributed by atoms with Gasteiger partial charge < -0.3 is 25.8 Å². The predicted octanol–water partition coefficient (Wildman–Crippen LogP) is 1.40. The van der Waals surface area contributed by atoms with Gasteiger partial charge in [0, 0.05) is 25.1 Å². The molecule has 1 aliphatic heterocycles. The molecule has 9 nitrogen and oxygen atoms in total. The Morgan fingerprint density at radius 2 is 1.89 bits per heavy atom. The summed E-state index contributed by atoms with van der Waals surface area (Å²) < 4.78 is 11.8. The topological polar surface area (TPSA) is 120 Å². The van der Waals surface area contributed by atoms with E-state index in [0.717, 1.165) is 0 Å². The van der Waals surface area contributed by atoms with E-state index in [-0.39, 0.29) is 30.8 Å². The van der Waals surface area contributed by atoms with Crippen LogP contribution >= 0.6 is 12.4 Å². The van der Waals surface area contributed by atoms with Gasteiger partial charge >= 0.3 is 0 Å². The number of benzene rings is 1. The van der Waals surface area contributed by atoms with E-state index in [9.17, 15) is 9.59 Å². The molecule has 0 bridgehead atoms. The summed E-state index contributed by atoms with van der Waals surface area (Å²) >= 11 is 0. The normalized spacial score (nSPS) is 15.2. The maximum atomic E-state index is 12.4. The van der Waals surface area contributed by atoms with Crippen LogP contribution in [0.5, 0.6) is 5.75 Å². The van der Waals surface area contributed by atoms with E-state index in [0.29, 0.717) is 43.2 Å². The SMILES string of the molecule is COc1ccc(NC(=O)Cn2cc(NC(=O)C3(N)CCOCC3)cn2)cc1.Cl. The van der Waals surface area contributed by atoms with Crippen LogP contribution < -0.4 is 21.1 Å². The second-order valence-corrected chi connectivity index (χ2v) is 6.43. The largest absolute Gasteiger partial charge is 0.497 e. The zero-order chi connectivity index (χ0) is 19.3. The summed E-state index contributed by atoms with van der Waals surface area (Å²) in [6.07, 6.45) is 4.02. The van der Waals surface area contributed by atoms with Crippen molar-refractivity contribution in [3.63, 3.8) is 0 Å². The van der Waals surface area contributed by atoms with Crippen molar-refractivity contribution in [1.29, 1.82) is 0 Å². The first kappa shape index (κ1) is 21.7. The molecule has 1 aromatic heterocycles. The Morgan fingerprint density at radius 3 is 2.54 bits per heavy atom. The van der Waals surface area contributed by atoms with Gasteiger partial charge in [0.15, 0.2) is 0 Å². The minimum absolute atomic E-state index is 0. The molecular weight excluding hydrogens is 386 g/mol. The van der Waals surface area contributed by atoms with E-state index < -0.39 is 5.54 Å². The Kier molecular flexibility index (Phi) is 7.38. The number of aromatic nitrogens is 2. The van der Waals surface area contributed by atoms with Gasteiger partial charge in [-0.2, -0.15) is 5.10 Å². The van der Waals surface area contributed by atoms with Gasteiger partial charge in [-0.3, -0.25) is 14.3 Å². The van der Waals surface area contributed by atoms with Gasteiger partial charge in [0.2, 0.25) is 11.8 Å². The van der Waals surface area contributed by atoms with Crippen LogP contribution in [0.4, 0.5) is 11.4 Å². The molecule has 10 heteroatoms. The van der Waals surface area contributed by atoms with Crippen LogP contribution in [0.1, 0.15) is 12.8 Å². The number of ether oxygens (including phenoxy) is 2. The molecule has 2 heterocycles. The predicted molar refractivity (Wildman–Crippen MR) is 107 cm³/mol. The number of anilines is 2. The molecule has 0 aliphatic carbocycles. The summed E-state index contributed by atoms with van der Waals surface area (Å²) in [7, 11) is 1.58. The van der Waals surface area contributed by atoms with Crippen LogP contribution in [-0.4, -0.2) is 47.5 Å². The Bertz CT molecular complexity index is 803. The summed E-state index contributed by atoms with van der Waals surface area (Å²) in [4.78, 5) is 24.5. The number of halogens is 1. The maximum absolute atomic E-state index is 12.4. The number of carbonyl (C=O) groups is 2. The van der Waals surface area contributed by atoms with Crippen molar-refractivity contribution < 1.29 is 19.1 Å². The Labute approximate surface area is 169 Å². The van der Waals surface area contributed by atoms with E-state index in [1.807, 2.05) is 0 Å². The fourth-order valence-corrected chi connectivity index (χ4v) is 2.75. The van der Waals surface area contributed by atoms with Gasteiger partial charge in [0.1, 0.15) is 17.8 Å². The van der Waals surface area contributed by atoms with Crippen molar-refractivity contribution in [2.75, 3.05) is 31.0 Å². The first-order chi connectivity index (χ1) is 13.0. The lowest BCUT2D eigenvalue weighted by atomic mass is 9.90. The molecule has 1 saturated heterocycles. The number of nitrogens with one attached hydrogen (secondary N) is 2. The monoisotopic (exact) mass is 409 g/mol. The molecule has 0 saturated carbocycles. The van der Waals surface area contributed by atoms with Gasteiger partial charge in [0.25, 0.3) is 0 Å². The second-order valence-electron chi connectivity index (χ2n) is 6.43. The summed E-state index contributed by atoms with van der Waals surface area (Å²) in [5.74, 6) is 0.205. The van der Waals surface area contributed by atoms with Crippen molar-refractivity contribution in [1.82, 2.24) is 9.78 Å². The number of nitrogens with zero attached hydrogens (tertiary/aromatic N) is 2. The van der Waals surface area contributed by atoms with E-state index in [4.69, 9.17) is 15.2 Å². The molecule has 4 N–H and O–H groups in total. The molecule has 1 aliphatic rings. The van der Waals surface area contributed by atoms with Crippen LogP contribution in [0.2, 0.25) is 0 Å². The summed E-state index contributed by atoms with van der Waals surface area (Å²) in [5.41, 5.74) is 6.37. The highest BCUT2D eigenvalue weighted by Gasteiger charge is 2.36. The third-order valence-electron chi connectivity index (χ3n) is 4.41. The minimum Gasteiger partial charge on any atom is -0.497 e. The van der Waals surface area contributed by atoms with Gasteiger partial charge in [-0.05, 0) is 37.1 Å². The lowest BCUT2D eigenvalue weighted by Gasteiger charge is -2.31.